The monoisotopic (exact) mass is 326 g/mol. The predicted octanol–water partition coefficient (Wildman–Crippen LogP) is 3.71. The van der Waals surface area contributed by atoms with Gasteiger partial charge in [0.25, 0.3) is 0 Å². The summed E-state index contributed by atoms with van der Waals surface area (Å²) in [5.41, 5.74) is 2.13. The molecular weight excluding hydrogens is 316 g/mol. The third kappa shape index (κ3) is 3.63. The van der Waals surface area contributed by atoms with Gasteiger partial charge in [0.2, 0.25) is 0 Å². The van der Waals surface area contributed by atoms with Crippen LogP contribution < -0.4 is 5.32 Å². The largest absolute Gasteiger partial charge is 0.324 e. The number of nitrogens with zero attached hydrogens (tertiary/aromatic N) is 1. The normalized spacial score (nSPS) is 10.5. The highest BCUT2D eigenvalue weighted by molar-refractivity contribution is 9.10. The van der Waals surface area contributed by atoms with E-state index in [9.17, 15) is 10.1 Å². The van der Waals surface area contributed by atoms with Gasteiger partial charge in [-0.25, -0.2) is 0 Å². The Morgan fingerprint density at radius 1 is 1.22 bits per heavy atom. The molecule has 6 heteroatoms. The average molecular weight is 327 g/mol. The summed E-state index contributed by atoms with van der Waals surface area (Å²) < 4.78 is 1.06. The van der Waals surface area contributed by atoms with E-state index in [1.54, 1.807) is 6.07 Å². The smallest absolute Gasteiger partial charge is 0.309 e. The van der Waals surface area contributed by atoms with Crippen LogP contribution in [-0.4, -0.2) is 4.92 Å². The molecule has 1 N–H and O–H groups in total. The number of hydrogen-bond acceptors (Lipinski definition) is 4. The Bertz CT molecular complexity index is 539. The van der Waals surface area contributed by atoms with Crippen molar-refractivity contribution in [2.45, 2.75) is 13.1 Å². The van der Waals surface area contributed by atoms with Gasteiger partial charge >= 0.3 is 5.00 Å². The van der Waals surface area contributed by atoms with Crippen LogP contribution in [0.25, 0.3) is 0 Å². The molecule has 1 aromatic heterocycles. The maximum absolute atomic E-state index is 10.5. The Morgan fingerprint density at radius 2 is 1.89 bits per heavy atom. The van der Waals surface area contributed by atoms with Crippen LogP contribution in [0.4, 0.5) is 5.00 Å². The minimum atomic E-state index is -0.358. The zero-order valence-electron chi connectivity index (χ0n) is 9.43. The first kappa shape index (κ1) is 13.2. The summed E-state index contributed by atoms with van der Waals surface area (Å²) in [6.07, 6.45) is 0. The van der Waals surface area contributed by atoms with Crippen molar-refractivity contribution in [2.24, 2.45) is 0 Å². The lowest BCUT2D eigenvalue weighted by Crippen LogP contribution is -2.11. The van der Waals surface area contributed by atoms with E-state index in [2.05, 4.69) is 21.2 Å². The fourth-order valence-electron chi connectivity index (χ4n) is 1.50. The van der Waals surface area contributed by atoms with E-state index in [1.165, 1.54) is 5.56 Å². The molecule has 2 rings (SSSR count). The van der Waals surface area contributed by atoms with Gasteiger partial charge in [-0.3, -0.25) is 10.1 Å². The van der Waals surface area contributed by atoms with E-state index in [-0.39, 0.29) is 9.92 Å². The Balaban J connectivity index is 1.84. The molecule has 0 saturated heterocycles. The summed E-state index contributed by atoms with van der Waals surface area (Å²) in [6, 6.07) is 9.67. The van der Waals surface area contributed by atoms with Crippen LogP contribution >= 0.6 is 27.3 Å². The summed E-state index contributed by atoms with van der Waals surface area (Å²) in [7, 11) is 0. The van der Waals surface area contributed by atoms with Crippen molar-refractivity contribution in [2.75, 3.05) is 0 Å². The topological polar surface area (TPSA) is 55.2 Å². The first-order valence-corrected chi connectivity index (χ1v) is 6.99. The van der Waals surface area contributed by atoms with E-state index >= 15 is 0 Å². The van der Waals surface area contributed by atoms with Gasteiger partial charge in [0, 0.05) is 29.0 Å². The van der Waals surface area contributed by atoms with Crippen LogP contribution in [0.5, 0.6) is 0 Å². The van der Waals surface area contributed by atoms with Gasteiger partial charge in [-0.05, 0) is 23.3 Å². The van der Waals surface area contributed by atoms with E-state index < -0.39 is 0 Å². The molecule has 0 unspecified atom stereocenters. The Hall–Kier alpha value is -1.24. The number of halogens is 1. The maximum Gasteiger partial charge on any atom is 0.324 e. The third-order valence-electron chi connectivity index (χ3n) is 2.39. The van der Waals surface area contributed by atoms with Crippen molar-refractivity contribution >= 4 is 32.3 Å². The van der Waals surface area contributed by atoms with E-state index in [4.69, 9.17) is 0 Å². The molecule has 0 bridgehead atoms. The number of hydrogen-bond donors (Lipinski definition) is 1. The Morgan fingerprint density at radius 3 is 2.50 bits per heavy atom. The highest BCUT2D eigenvalue weighted by atomic mass is 79.9. The Kier molecular flexibility index (Phi) is 4.46. The average Bonchev–Trinajstić information content (AvgIpc) is 2.81. The number of nitro groups is 1. The van der Waals surface area contributed by atoms with Gasteiger partial charge in [-0.1, -0.05) is 39.4 Å². The van der Waals surface area contributed by atoms with Crippen molar-refractivity contribution in [3.8, 4) is 0 Å². The van der Waals surface area contributed by atoms with Crippen molar-refractivity contribution < 1.29 is 4.92 Å². The van der Waals surface area contributed by atoms with Crippen LogP contribution in [0.2, 0.25) is 0 Å². The molecule has 0 spiro atoms. The molecule has 94 valence electrons. The van der Waals surface area contributed by atoms with Crippen LogP contribution in [0.1, 0.15) is 11.1 Å². The van der Waals surface area contributed by atoms with Gasteiger partial charge in [-0.15, -0.1) is 0 Å². The van der Waals surface area contributed by atoms with Crippen molar-refractivity contribution in [1.82, 2.24) is 5.32 Å². The van der Waals surface area contributed by atoms with Crippen LogP contribution in [0.3, 0.4) is 0 Å². The number of rotatable bonds is 5. The molecule has 1 aromatic carbocycles. The standard InChI is InChI=1S/C12H11BrN2O2S/c13-11-3-1-9(2-4-11)6-14-7-10-5-12(15(16)17)18-8-10/h1-5,8,14H,6-7H2. The summed E-state index contributed by atoms with van der Waals surface area (Å²) in [6.45, 7) is 1.39. The minimum absolute atomic E-state index is 0.190. The van der Waals surface area contributed by atoms with Crippen molar-refractivity contribution in [3.63, 3.8) is 0 Å². The highest BCUT2D eigenvalue weighted by Crippen LogP contribution is 2.22. The first-order chi connectivity index (χ1) is 8.65. The fourth-order valence-corrected chi connectivity index (χ4v) is 2.50. The quantitative estimate of drug-likeness (QED) is 0.673. The van der Waals surface area contributed by atoms with Crippen LogP contribution in [-0.2, 0) is 13.1 Å². The van der Waals surface area contributed by atoms with Gasteiger partial charge in [0.1, 0.15) is 0 Å². The fraction of sp³-hybridized carbons (Fsp3) is 0.167. The SMILES string of the molecule is O=[N+]([O-])c1cc(CNCc2ccc(Br)cc2)cs1. The molecule has 0 fully saturated rings. The van der Waals surface area contributed by atoms with Crippen molar-refractivity contribution in [3.05, 3.63) is 61.4 Å². The maximum atomic E-state index is 10.5. The molecule has 0 amide bonds. The molecule has 4 nitrogen and oxygen atoms in total. The summed E-state index contributed by atoms with van der Waals surface area (Å²) in [5.74, 6) is 0. The minimum Gasteiger partial charge on any atom is -0.309 e. The van der Waals surface area contributed by atoms with Gasteiger partial charge in [-0.2, -0.15) is 0 Å². The molecule has 0 saturated carbocycles. The van der Waals surface area contributed by atoms with Gasteiger partial charge in [0.05, 0.1) is 4.92 Å². The predicted molar refractivity (Wildman–Crippen MR) is 75.7 cm³/mol. The molecule has 0 aliphatic heterocycles. The zero-order valence-corrected chi connectivity index (χ0v) is 11.8. The highest BCUT2D eigenvalue weighted by Gasteiger charge is 2.08. The lowest BCUT2D eigenvalue weighted by atomic mass is 10.2. The lowest BCUT2D eigenvalue weighted by molar-refractivity contribution is -0.380. The number of thiophene rings is 1. The molecule has 18 heavy (non-hydrogen) atoms. The zero-order chi connectivity index (χ0) is 13.0. The summed E-state index contributed by atoms with van der Waals surface area (Å²) in [5, 5.41) is 15.8. The number of nitrogens with one attached hydrogen (secondary N) is 1. The van der Waals surface area contributed by atoms with E-state index in [0.717, 1.165) is 27.9 Å². The van der Waals surface area contributed by atoms with E-state index in [0.29, 0.717) is 6.54 Å². The van der Waals surface area contributed by atoms with Gasteiger partial charge in [0.15, 0.2) is 0 Å². The van der Waals surface area contributed by atoms with E-state index in [1.807, 2.05) is 29.6 Å². The van der Waals surface area contributed by atoms with Gasteiger partial charge < -0.3 is 5.32 Å². The molecule has 0 aliphatic carbocycles. The molecule has 0 aliphatic rings. The summed E-state index contributed by atoms with van der Waals surface area (Å²) >= 11 is 4.54. The molecule has 2 aromatic rings. The summed E-state index contributed by atoms with van der Waals surface area (Å²) in [4.78, 5) is 10.2. The first-order valence-electron chi connectivity index (χ1n) is 5.32. The van der Waals surface area contributed by atoms with Crippen molar-refractivity contribution in [1.29, 1.82) is 0 Å². The van der Waals surface area contributed by atoms with Crippen LogP contribution in [0.15, 0.2) is 40.2 Å². The molecule has 0 atom stereocenters. The molecule has 1 heterocycles. The molecule has 0 radical (unpaired) electrons. The number of benzene rings is 1. The third-order valence-corrected chi connectivity index (χ3v) is 3.85. The lowest BCUT2D eigenvalue weighted by Gasteiger charge is -2.03. The molecular formula is C12H11BrN2O2S. The second-order valence-electron chi connectivity index (χ2n) is 3.78. The van der Waals surface area contributed by atoms with Crippen LogP contribution in [0, 0.1) is 10.1 Å². The second-order valence-corrected chi connectivity index (χ2v) is 5.59. The second kappa shape index (κ2) is 6.08. The Labute approximate surface area is 117 Å².